The summed E-state index contributed by atoms with van der Waals surface area (Å²) in [6.45, 7) is 4.54. The molecule has 0 aliphatic carbocycles. The Kier molecular flexibility index (Phi) is 11.9. The lowest BCUT2D eigenvalue weighted by Crippen LogP contribution is -2.18. The second kappa shape index (κ2) is 12.9. The van der Waals surface area contributed by atoms with Gasteiger partial charge in [0.25, 0.3) is 0 Å². The number of primary amides is 1. The van der Waals surface area contributed by atoms with Crippen molar-refractivity contribution in [2.24, 2.45) is 11.7 Å². The van der Waals surface area contributed by atoms with Gasteiger partial charge in [0.2, 0.25) is 0 Å². The summed E-state index contributed by atoms with van der Waals surface area (Å²) in [5, 5.41) is 0. The van der Waals surface area contributed by atoms with Crippen molar-refractivity contribution >= 4 is 6.09 Å². The quantitative estimate of drug-likeness (QED) is 0.471. The van der Waals surface area contributed by atoms with E-state index in [0.29, 0.717) is 6.61 Å². The van der Waals surface area contributed by atoms with Gasteiger partial charge in [0.05, 0.1) is 6.61 Å². The van der Waals surface area contributed by atoms with Gasteiger partial charge in [-0.2, -0.15) is 0 Å². The summed E-state index contributed by atoms with van der Waals surface area (Å²) in [4.78, 5) is 10.6. The Balaban J connectivity index is 4.11. The number of nitrogens with two attached hydrogens (primary N) is 1. The van der Waals surface area contributed by atoms with Crippen molar-refractivity contribution in [3.8, 4) is 0 Å². The van der Waals surface area contributed by atoms with E-state index in [9.17, 15) is 4.79 Å². The molecule has 3 nitrogen and oxygen atoms in total. The first-order valence-corrected chi connectivity index (χ1v) is 7.09. The molecule has 0 bridgehead atoms. The van der Waals surface area contributed by atoms with Crippen LogP contribution < -0.4 is 5.73 Å². The second-order valence-electron chi connectivity index (χ2n) is 4.54. The lowest BCUT2D eigenvalue weighted by molar-refractivity contribution is 0.142. The van der Waals surface area contributed by atoms with E-state index in [0.717, 1.165) is 12.8 Å². The van der Waals surface area contributed by atoms with Crippen LogP contribution in [0.1, 0.15) is 46.0 Å². The van der Waals surface area contributed by atoms with Crippen molar-refractivity contribution in [1.82, 2.24) is 0 Å². The Morgan fingerprint density at radius 2 is 1.89 bits per heavy atom. The zero-order valence-electron chi connectivity index (χ0n) is 12.2. The zero-order valence-corrected chi connectivity index (χ0v) is 12.2. The Bertz CT molecular complexity index is 306. The minimum atomic E-state index is -0.698. The summed E-state index contributed by atoms with van der Waals surface area (Å²) in [6.07, 6.45) is 17.2. The van der Waals surface area contributed by atoms with E-state index in [1.807, 2.05) is 37.3 Å². The fourth-order valence-electron chi connectivity index (χ4n) is 1.72. The molecule has 0 aliphatic rings. The van der Waals surface area contributed by atoms with E-state index >= 15 is 0 Å². The van der Waals surface area contributed by atoms with Gasteiger partial charge >= 0.3 is 6.09 Å². The molecular weight excluding hydrogens is 238 g/mol. The number of hydrogen-bond acceptors (Lipinski definition) is 2. The van der Waals surface area contributed by atoms with Gasteiger partial charge in [-0.25, -0.2) is 4.79 Å². The van der Waals surface area contributed by atoms with Crippen LogP contribution in [-0.2, 0) is 4.74 Å². The fourth-order valence-corrected chi connectivity index (χ4v) is 1.72. The van der Waals surface area contributed by atoms with Crippen molar-refractivity contribution in [2.75, 3.05) is 6.61 Å². The first-order valence-electron chi connectivity index (χ1n) is 7.09. The first kappa shape index (κ1) is 17.5. The molecule has 1 unspecified atom stereocenters. The fraction of sp³-hybridized carbons (Fsp3) is 0.562. The molecule has 2 N–H and O–H groups in total. The first-order chi connectivity index (χ1) is 9.20. The molecule has 0 aromatic carbocycles. The summed E-state index contributed by atoms with van der Waals surface area (Å²) in [5.74, 6) is 0.250. The normalized spacial score (nSPS) is 13.6. The number of hydrogen-bond donors (Lipinski definition) is 1. The van der Waals surface area contributed by atoms with Crippen LogP contribution in [0.4, 0.5) is 4.79 Å². The lowest BCUT2D eigenvalue weighted by atomic mass is 10.0. The maximum Gasteiger partial charge on any atom is 0.404 e. The summed E-state index contributed by atoms with van der Waals surface area (Å²) >= 11 is 0. The molecule has 3 heteroatoms. The molecule has 0 aromatic rings. The molecule has 0 spiro atoms. The van der Waals surface area contributed by atoms with E-state index in [2.05, 4.69) is 13.0 Å². The summed E-state index contributed by atoms with van der Waals surface area (Å²) in [6, 6.07) is 0. The molecule has 0 saturated heterocycles. The monoisotopic (exact) mass is 265 g/mol. The Hall–Kier alpha value is -1.51. The predicted octanol–water partition coefficient (Wildman–Crippen LogP) is 4.36. The molecular formula is C16H27NO2. The summed E-state index contributed by atoms with van der Waals surface area (Å²) < 4.78 is 4.89. The topological polar surface area (TPSA) is 52.3 Å². The molecule has 0 fully saturated rings. The highest BCUT2D eigenvalue weighted by molar-refractivity contribution is 5.64. The highest BCUT2D eigenvalue weighted by Gasteiger charge is 2.06. The number of carbonyl (C=O) groups excluding carboxylic acids is 1. The van der Waals surface area contributed by atoms with Gasteiger partial charge in [-0.15, -0.1) is 0 Å². The molecule has 1 atom stereocenters. The summed E-state index contributed by atoms with van der Waals surface area (Å²) in [5.41, 5.74) is 5.00. The number of amides is 1. The van der Waals surface area contributed by atoms with Crippen LogP contribution in [0, 0.1) is 5.92 Å². The molecule has 19 heavy (non-hydrogen) atoms. The highest BCUT2D eigenvalue weighted by Crippen LogP contribution is 2.13. The molecule has 108 valence electrons. The van der Waals surface area contributed by atoms with Gasteiger partial charge in [-0.1, -0.05) is 69.1 Å². The van der Waals surface area contributed by atoms with Crippen molar-refractivity contribution in [2.45, 2.75) is 46.0 Å². The molecule has 0 aromatic heterocycles. The smallest absolute Gasteiger partial charge is 0.404 e. The van der Waals surface area contributed by atoms with Crippen LogP contribution in [0.3, 0.4) is 0 Å². The number of unbranched alkanes of at least 4 members (excludes halogenated alkanes) is 3. The van der Waals surface area contributed by atoms with E-state index in [1.54, 1.807) is 0 Å². The van der Waals surface area contributed by atoms with Gasteiger partial charge < -0.3 is 10.5 Å². The van der Waals surface area contributed by atoms with Crippen molar-refractivity contribution in [3.05, 3.63) is 36.5 Å². The van der Waals surface area contributed by atoms with Crippen molar-refractivity contribution < 1.29 is 9.53 Å². The van der Waals surface area contributed by atoms with Crippen molar-refractivity contribution in [3.63, 3.8) is 0 Å². The molecule has 0 saturated carbocycles. The van der Waals surface area contributed by atoms with Crippen LogP contribution >= 0.6 is 0 Å². The number of carbonyl (C=O) groups is 1. The average molecular weight is 265 g/mol. The lowest BCUT2D eigenvalue weighted by Gasteiger charge is -2.11. The van der Waals surface area contributed by atoms with Gasteiger partial charge in [0, 0.05) is 5.92 Å². The maximum absolute atomic E-state index is 10.6. The third-order valence-electron chi connectivity index (χ3n) is 2.78. The minimum absolute atomic E-state index is 0.250. The SMILES string of the molecule is CC=CC=CC=CC(CCCCCC)COC(N)=O. The molecule has 0 heterocycles. The average Bonchev–Trinajstić information content (AvgIpc) is 2.39. The van der Waals surface area contributed by atoms with Gasteiger partial charge in [0.1, 0.15) is 0 Å². The largest absolute Gasteiger partial charge is 0.449 e. The molecule has 0 radical (unpaired) electrons. The van der Waals surface area contributed by atoms with Gasteiger partial charge in [-0.05, 0) is 13.3 Å². The van der Waals surface area contributed by atoms with Crippen LogP contribution in [0.2, 0.25) is 0 Å². The van der Waals surface area contributed by atoms with Crippen molar-refractivity contribution in [1.29, 1.82) is 0 Å². The zero-order chi connectivity index (χ0) is 14.3. The van der Waals surface area contributed by atoms with Crippen LogP contribution in [0.25, 0.3) is 0 Å². The van der Waals surface area contributed by atoms with Crippen LogP contribution in [0.15, 0.2) is 36.5 Å². The van der Waals surface area contributed by atoms with E-state index < -0.39 is 6.09 Å². The number of ether oxygens (including phenoxy) is 1. The Morgan fingerprint density at radius 3 is 2.53 bits per heavy atom. The van der Waals surface area contributed by atoms with E-state index in [4.69, 9.17) is 10.5 Å². The second-order valence-corrected chi connectivity index (χ2v) is 4.54. The molecule has 0 rings (SSSR count). The highest BCUT2D eigenvalue weighted by atomic mass is 16.5. The van der Waals surface area contributed by atoms with Gasteiger partial charge in [-0.3, -0.25) is 0 Å². The van der Waals surface area contributed by atoms with E-state index in [-0.39, 0.29) is 5.92 Å². The molecule has 1 amide bonds. The Morgan fingerprint density at radius 1 is 1.16 bits per heavy atom. The Labute approximate surface area is 117 Å². The number of allylic oxidation sites excluding steroid dienone is 5. The third kappa shape index (κ3) is 12.7. The van der Waals surface area contributed by atoms with Crippen LogP contribution in [-0.4, -0.2) is 12.7 Å². The maximum atomic E-state index is 10.6. The van der Waals surface area contributed by atoms with Gasteiger partial charge in [0.15, 0.2) is 0 Å². The minimum Gasteiger partial charge on any atom is -0.449 e. The summed E-state index contributed by atoms with van der Waals surface area (Å²) in [7, 11) is 0. The van der Waals surface area contributed by atoms with E-state index in [1.165, 1.54) is 19.3 Å². The standard InChI is InChI=1S/C16H27NO2/c1-3-5-7-9-11-13-15(14-19-16(17)18)12-10-8-6-4-2/h3,5,7,9,11,13,15H,4,6,8,10,12,14H2,1-2H3,(H2,17,18). The predicted molar refractivity (Wildman–Crippen MR) is 80.9 cm³/mol. The number of rotatable bonds is 10. The van der Waals surface area contributed by atoms with Crippen LogP contribution in [0.5, 0.6) is 0 Å². The third-order valence-corrected chi connectivity index (χ3v) is 2.78. The molecule has 0 aliphatic heterocycles.